The lowest BCUT2D eigenvalue weighted by atomic mass is 10.3. The van der Waals surface area contributed by atoms with Gasteiger partial charge in [0, 0.05) is 12.7 Å². The Morgan fingerprint density at radius 2 is 2.05 bits per heavy atom. The van der Waals surface area contributed by atoms with Gasteiger partial charge in [-0.2, -0.15) is 0 Å². The monoisotopic (exact) mass is 299 g/mol. The van der Waals surface area contributed by atoms with E-state index in [1.165, 1.54) is 12.1 Å². The van der Waals surface area contributed by atoms with Crippen molar-refractivity contribution in [3.8, 4) is 0 Å². The molecule has 0 unspecified atom stereocenters. The molecule has 19 heavy (non-hydrogen) atoms. The molecule has 0 aliphatic carbocycles. The number of halogens is 3. The second-order valence-electron chi connectivity index (χ2n) is 4.02. The quantitative estimate of drug-likeness (QED) is 0.838. The Morgan fingerprint density at radius 1 is 1.42 bits per heavy atom. The van der Waals surface area contributed by atoms with Gasteiger partial charge in [0.2, 0.25) is 5.95 Å². The third-order valence-electron chi connectivity index (χ3n) is 2.47. The first-order chi connectivity index (χ1) is 9.01. The minimum Gasteiger partial charge on any atom is -0.323 e. The predicted molar refractivity (Wildman–Crippen MR) is 76.9 cm³/mol. The normalized spacial score (nSPS) is 10.5. The third kappa shape index (κ3) is 3.08. The van der Waals surface area contributed by atoms with Gasteiger partial charge in [-0.3, -0.25) is 0 Å². The van der Waals surface area contributed by atoms with Gasteiger partial charge in [0.05, 0.1) is 21.4 Å². The van der Waals surface area contributed by atoms with E-state index in [1.807, 2.05) is 17.7 Å². The van der Waals surface area contributed by atoms with Crippen LogP contribution in [0.25, 0.3) is 0 Å². The van der Waals surface area contributed by atoms with Gasteiger partial charge in [0.25, 0.3) is 0 Å². The van der Waals surface area contributed by atoms with E-state index in [0.29, 0.717) is 18.2 Å². The summed E-state index contributed by atoms with van der Waals surface area (Å²) in [6.07, 6.45) is 3.62. The number of nitrogens with one attached hydrogen (secondary N) is 1. The maximum atomic E-state index is 13.1. The van der Waals surface area contributed by atoms with Crippen molar-refractivity contribution in [2.75, 3.05) is 5.32 Å². The summed E-state index contributed by atoms with van der Waals surface area (Å²) in [5, 5.41) is 3.42. The Morgan fingerprint density at radius 3 is 2.63 bits per heavy atom. The van der Waals surface area contributed by atoms with Gasteiger partial charge in [-0.05, 0) is 19.1 Å². The molecule has 1 heterocycles. The SMILES string of the molecule is C=CCn1cc(C)nc1Nc1c(Cl)cc(F)cc1Cl. The summed E-state index contributed by atoms with van der Waals surface area (Å²) in [5.41, 5.74) is 1.28. The lowest BCUT2D eigenvalue weighted by molar-refractivity contribution is 0.628. The van der Waals surface area contributed by atoms with Crippen molar-refractivity contribution >= 4 is 34.8 Å². The third-order valence-corrected chi connectivity index (χ3v) is 3.06. The number of hydrogen-bond donors (Lipinski definition) is 1. The van der Waals surface area contributed by atoms with Crippen LogP contribution in [-0.2, 0) is 6.54 Å². The van der Waals surface area contributed by atoms with Crippen LogP contribution in [-0.4, -0.2) is 9.55 Å². The molecule has 0 atom stereocenters. The lowest BCUT2D eigenvalue weighted by Gasteiger charge is -2.11. The van der Waals surface area contributed by atoms with Crippen molar-refractivity contribution in [2.24, 2.45) is 0 Å². The van der Waals surface area contributed by atoms with Crippen molar-refractivity contribution in [3.05, 3.63) is 52.5 Å². The number of hydrogen-bond acceptors (Lipinski definition) is 2. The average Bonchev–Trinajstić information content (AvgIpc) is 2.64. The molecule has 0 aliphatic rings. The highest BCUT2D eigenvalue weighted by Crippen LogP contribution is 2.33. The Kier molecular flexibility index (Phi) is 4.12. The van der Waals surface area contributed by atoms with Gasteiger partial charge in [0.15, 0.2) is 0 Å². The molecule has 0 saturated carbocycles. The topological polar surface area (TPSA) is 29.9 Å². The number of anilines is 2. The van der Waals surface area contributed by atoms with Crippen LogP contribution in [0.5, 0.6) is 0 Å². The number of aryl methyl sites for hydroxylation is 1. The zero-order valence-corrected chi connectivity index (χ0v) is 11.8. The molecule has 0 aliphatic heterocycles. The van der Waals surface area contributed by atoms with Gasteiger partial charge in [-0.25, -0.2) is 9.37 Å². The molecular weight excluding hydrogens is 288 g/mol. The second-order valence-corrected chi connectivity index (χ2v) is 4.83. The molecule has 1 aromatic carbocycles. The number of allylic oxidation sites excluding steroid dienone is 1. The maximum Gasteiger partial charge on any atom is 0.207 e. The standard InChI is InChI=1S/C13H12Cl2FN3/c1-3-4-19-7-8(2)17-13(19)18-12-10(14)5-9(16)6-11(12)15/h3,5-7H,1,4H2,2H3,(H,17,18). The van der Waals surface area contributed by atoms with Gasteiger partial charge in [0.1, 0.15) is 5.82 Å². The fourth-order valence-corrected chi connectivity index (χ4v) is 2.25. The van der Waals surface area contributed by atoms with E-state index in [0.717, 1.165) is 5.69 Å². The first kappa shape index (κ1) is 13.9. The highest BCUT2D eigenvalue weighted by atomic mass is 35.5. The molecule has 0 saturated heterocycles. The second kappa shape index (κ2) is 5.63. The zero-order chi connectivity index (χ0) is 14.0. The summed E-state index contributed by atoms with van der Waals surface area (Å²) in [6.45, 7) is 6.15. The molecule has 0 radical (unpaired) electrons. The summed E-state index contributed by atoms with van der Waals surface area (Å²) in [5.74, 6) is 0.0963. The van der Waals surface area contributed by atoms with Gasteiger partial charge in [-0.15, -0.1) is 6.58 Å². The van der Waals surface area contributed by atoms with E-state index in [2.05, 4.69) is 16.9 Å². The number of rotatable bonds is 4. The van der Waals surface area contributed by atoms with Crippen molar-refractivity contribution in [3.63, 3.8) is 0 Å². The van der Waals surface area contributed by atoms with Crippen LogP contribution in [0.2, 0.25) is 10.0 Å². The minimum absolute atomic E-state index is 0.204. The molecule has 100 valence electrons. The maximum absolute atomic E-state index is 13.1. The van der Waals surface area contributed by atoms with Crippen molar-refractivity contribution in [1.82, 2.24) is 9.55 Å². The fraction of sp³-hybridized carbons (Fsp3) is 0.154. The van der Waals surface area contributed by atoms with Crippen molar-refractivity contribution < 1.29 is 4.39 Å². The van der Waals surface area contributed by atoms with E-state index in [1.54, 1.807) is 6.08 Å². The van der Waals surface area contributed by atoms with Crippen LogP contribution in [0.1, 0.15) is 5.69 Å². The van der Waals surface area contributed by atoms with Gasteiger partial charge < -0.3 is 9.88 Å². The Balaban J connectivity index is 2.38. The Hall–Kier alpha value is -1.52. The first-order valence-electron chi connectivity index (χ1n) is 5.57. The zero-order valence-electron chi connectivity index (χ0n) is 10.3. The van der Waals surface area contributed by atoms with E-state index >= 15 is 0 Å². The summed E-state index contributed by atoms with van der Waals surface area (Å²) >= 11 is 12.0. The van der Waals surface area contributed by atoms with Gasteiger partial charge in [-0.1, -0.05) is 29.3 Å². The molecule has 6 heteroatoms. The summed E-state index contributed by atoms with van der Waals surface area (Å²) in [6, 6.07) is 2.40. The highest BCUT2D eigenvalue weighted by molar-refractivity contribution is 6.39. The summed E-state index contributed by atoms with van der Waals surface area (Å²) in [7, 11) is 0. The van der Waals surface area contributed by atoms with Crippen molar-refractivity contribution in [2.45, 2.75) is 13.5 Å². The van der Waals surface area contributed by atoms with Crippen LogP contribution in [0, 0.1) is 12.7 Å². The molecular formula is C13H12Cl2FN3. The van der Waals surface area contributed by atoms with E-state index < -0.39 is 5.82 Å². The number of benzene rings is 1. The Labute approximate surface area is 120 Å². The highest BCUT2D eigenvalue weighted by Gasteiger charge is 2.12. The predicted octanol–water partition coefficient (Wildman–Crippen LogP) is 4.57. The summed E-state index contributed by atoms with van der Waals surface area (Å²) < 4.78 is 15.0. The number of imidazole rings is 1. The number of aromatic nitrogens is 2. The molecule has 0 bridgehead atoms. The van der Waals surface area contributed by atoms with Crippen LogP contribution >= 0.6 is 23.2 Å². The Bertz CT molecular complexity index is 599. The molecule has 0 fully saturated rings. The van der Waals surface area contributed by atoms with E-state index in [-0.39, 0.29) is 10.0 Å². The van der Waals surface area contributed by atoms with Crippen LogP contribution in [0.15, 0.2) is 31.0 Å². The fourth-order valence-electron chi connectivity index (χ4n) is 1.70. The lowest BCUT2D eigenvalue weighted by Crippen LogP contribution is -2.03. The number of nitrogens with zero attached hydrogens (tertiary/aromatic N) is 2. The molecule has 0 amide bonds. The van der Waals surface area contributed by atoms with E-state index in [4.69, 9.17) is 23.2 Å². The smallest absolute Gasteiger partial charge is 0.207 e. The van der Waals surface area contributed by atoms with Crippen molar-refractivity contribution in [1.29, 1.82) is 0 Å². The molecule has 3 nitrogen and oxygen atoms in total. The van der Waals surface area contributed by atoms with Crippen LogP contribution < -0.4 is 5.32 Å². The van der Waals surface area contributed by atoms with Gasteiger partial charge >= 0.3 is 0 Å². The molecule has 1 N–H and O–H groups in total. The van der Waals surface area contributed by atoms with E-state index in [9.17, 15) is 4.39 Å². The minimum atomic E-state index is -0.480. The largest absolute Gasteiger partial charge is 0.323 e. The van der Waals surface area contributed by atoms with Crippen LogP contribution in [0.3, 0.4) is 0 Å². The molecule has 1 aromatic heterocycles. The first-order valence-corrected chi connectivity index (χ1v) is 6.33. The molecule has 2 rings (SSSR count). The molecule has 0 spiro atoms. The van der Waals surface area contributed by atoms with Crippen LogP contribution in [0.4, 0.5) is 16.0 Å². The average molecular weight is 300 g/mol. The molecule has 2 aromatic rings. The summed E-state index contributed by atoms with van der Waals surface area (Å²) in [4.78, 5) is 4.32.